The van der Waals surface area contributed by atoms with Gasteiger partial charge in [-0.3, -0.25) is 0 Å². The van der Waals surface area contributed by atoms with Crippen LogP contribution in [0.25, 0.3) is 54.9 Å². The van der Waals surface area contributed by atoms with Crippen molar-refractivity contribution in [1.82, 2.24) is 0 Å². The van der Waals surface area contributed by atoms with Gasteiger partial charge in [-0.2, -0.15) is 0 Å². The Balaban J connectivity index is 1.54. The quantitative estimate of drug-likeness (QED) is 0.302. The summed E-state index contributed by atoms with van der Waals surface area (Å²) >= 11 is 0. The van der Waals surface area contributed by atoms with Crippen LogP contribution in [-0.2, 0) is 0 Å². The van der Waals surface area contributed by atoms with Crippen molar-refractivity contribution in [3.8, 4) is 39.1 Å². The lowest BCUT2D eigenvalue weighted by Gasteiger charge is -2.14. The first kappa shape index (κ1) is 19.3. The number of phenols is 1. The van der Waals surface area contributed by atoms with E-state index in [4.69, 9.17) is 0 Å². The lowest BCUT2D eigenvalue weighted by atomic mass is 9.91. The van der Waals surface area contributed by atoms with Gasteiger partial charge >= 0.3 is 0 Å². The summed E-state index contributed by atoms with van der Waals surface area (Å²) in [5.74, 6) is 0.301. The molecular weight excluding hydrogens is 400 g/mol. The summed E-state index contributed by atoms with van der Waals surface area (Å²) in [7, 11) is 0. The number of fused-ring (bicyclic) bond motifs is 2. The summed E-state index contributed by atoms with van der Waals surface area (Å²) in [6.45, 7) is 0. The van der Waals surface area contributed by atoms with Crippen molar-refractivity contribution in [3.63, 3.8) is 0 Å². The number of phenolic OH excluding ortho intramolecular Hbond substituents is 1. The van der Waals surface area contributed by atoms with E-state index in [9.17, 15) is 5.11 Å². The summed E-state index contributed by atoms with van der Waals surface area (Å²) in [6, 6.07) is 44.0. The first-order valence-electron chi connectivity index (χ1n) is 11.2. The maximum Gasteiger partial charge on any atom is 0.124 e. The summed E-state index contributed by atoms with van der Waals surface area (Å²) < 4.78 is 0. The molecule has 0 fully saturated rings. The van der Waals surface area contributed by atoms with Crippen molar-refractivity contribution in [1.29, 1.82) is 0 Å². The van der Waals surface area contributed by atoms with Crippen LogP contribution in [-0.4, -0.2) is 5.11 Å². The Bertz CT molecular complexity index is 1600. The fraction of sp³-hybridized carbons (Fsp3) is 0. The van der Waals surface area contributed by atoms with Gasteiger partial charge in [0.05, 0.1) is 0 Å². The molecule has 0 heterocycles. The smallest absolute Gasteiger partial charge is 0.124 e. The van der Waals surface area contributed by atoms with Crippen LogP contribution in [0.1, 0.15) is 0 Å². The molecule has 1 heteroatoms. The fourth-order valence-corrected chi connectivity index (χ4v) is 4.72. The van der Waals surface area contributed by atoms with Gasteiger partial charge in [-0.25, -0.2) is 0 Å². The van der Waals surface area contributed by atoms with Gasteiger partial charge in [-0.05, 0) is 67.6 Å². The van der Waals surface area contributed by atoms with Crippen molar-refractivity contribution in [2.24, 2.45) is 0 Å². The summed E-state index contributed by atoms with van der Waals surface area (Å²) in [5, 5.41) is 15.4. The Morgan fingerprint density at radius 3 is 1.61 bits per heavy atom. The first-order chi connectivity index (χ1) is 16.3. The van der Waals surface area contributed by atoms with E-state index in [0.717, 1.165) is 32.7 Å². The number of hydrogen-bond acceptors (Lipinski definition) is 1. The molecule has 0 saturated carbocycles. The van der Waals surface area contributed by atoms with Crippen molar-refractivity contribution in [3.05, 3.63) is 127 Å². The SMILES string of the molecule is Oc1ccc2cc(-c3ccccc3)ccc2c1-c1cccc2cc(-c3ccccc3)ccc12. The first-order valence-corrected chi connectivity index (χ1v) is 11.2. The average Bonchev–Trinajstić information content (AvgIpc) is 2.89. The summed E-state index contributed by atoms with van der Waals surface area (Å²) in [6.07, 6.45) is 0. The van der Waals surface area contributed by atoms with E-state index in [1.807, 2.05) is 24.3 Å². The molecule has 0 radical (unpaired) electrons. The molecule has 0 unspecified atom stereocenters. The van der Waals surface area contributed by atoms with Crippen LogP contribution in [0.4, 0.5) is 0 Å². The van der Waals surface area contributed by atoms with Crippen molar-refractivity contribution in [2.45, 2.75) is 0 Å². The van der Waals surface area contributed by atoms with E-state index >= 15 is 0 Å². The maximum absolute atomic E-state index is 10.9. The van der Waals surface area contributed by atoms with Crippen LogP contribution < -0.4 is 0 Å². The summed E-state index contributed by atoms with van der Waals surface area (Å²) in [5.41, 5.74) is 6.67. The molecule has 0 amide bonds. The van der Waals surface area contributed by atoms with Crippen LogP contribution >= 0.6 is 0 Å². The Kier molecular flexibility index (Phi) is 4.66. The fourth-order valence-electron chi connectivity index (χ4n) is 4.72. The Morgan fingerprint density at radius 1 is 0.394 bits per heavy atom. The van der Waals surface area contributed by atoms with Gasteiger partial charge < -0.3 is 5.11 Å². The minimum atomic E-state index is 0.301. The van der Waals surface area contributed by atoms with E-state index in [-0.39, 0.29) is 0 Å². The molecule has 0 saturated heterocycles. The Morgan fingerprint density at radius 2 is 0.970 bits per heavy atom. The lowest BCUT2D eigenvalue weighted by Crippen LogP contribution is -1.87. The molecule has 0 atom stereocenters. The lowest BCUT2D eigenvalue weighted by molar-refractivity contribution is 0.478. The van der Waals surface area contributed by atoms with Crippen LogP contribution in [0.15, 0.2) is 127 Å². The van der Waals surface area contributed by atoms with Crippen LogP contribution in [0.5, 0.6) is 5.75 Å². The number of benzene rings is 6. The van der Waals surface area contributed by atoms with Crippen molar-refractivity contribution < 1.29 is 5.11 Å². The maximum atomic E-state index is 10.9. The van der Waals surface area contributed by atoms with E-state index in [2.05, 4.69) is 103 Å². The number of hydrogen-bond donors (Lipinski definition) is 1. The van der Waals surface area contributed by atoms with Gasteiger partial charge in [0.25, 0.3) is 0 Å². The molecule has 0 spiro atoms. The standard InChI is InChI=1S/C32H22O/c33-31-19-16-27-21-25(23-10-5-2-6-11-23)15-18-29(27)32(31)30-13-7-12-26-20-24(14-17-28(26)30)22-8-3-1-4-9-22/h1-21,33H. The zero-order valence-electron chi connectivity index (χ0n) is 18.1. The molecule has 6 rings (SSSR count). The molecule has 33 heavy (non-hydrogen) atoms. The van der Waals surface area contributed by atoms with E-state index in [0.29, 0.717) is 5.75 Å². The second kappa shape index (κ2) is 7.96. The van der Waals surface area contributed by atoms with Crippen molar-refractivity contribution in [2.75, 3.05) is 0 Å². The predicted octanol–water partition coefficient (Wildman–Crippen LogP) is 8.70. The monoisotopic (exact) mass is 422 g/mol. The van der Waals surface area contributed by atoms with E-state index in [1.165, 1.54) is 22.3 Å². The van der Waals surface area contributed by atoms with Gasteiger partial charge in [0.2, 0.25) is 0 Å². The molecule has 0 bridgehead atoms. The number of rotatable bonds is 3. The van der Waals surface area contributed by atoms with Gasteiger partial charge in [-0.1, -0.05) is 109 Å². The highest BCUT2D eigenvalue weighted by atomic mass is 16.3. The topological polar surface area (TPSA) is 20.2 Å². The predicted molar refractivity (Wildman–Crippen MR) is 139 cm³/mol. The minimum Gasteiger partial charge on any atom is -0.507 e. The third-order valence-electron chi connectivity index (χ3n) is 6.36. The van der Waals surface area contributed by atoms with Crippen LogP contribution in [0.2, 0.25) is 0 Å². The highest BCUT2D eigenvalue weighted by Gasteiger charge is 2.14. The molecule has 156 valence electrons. The van der Waals surface area contributed by atoms with Crippen LogP contribution in [0, 0.1) is 0 Å². The third-order valence-corrected chi connectivity index (χ3v) is 6.36. The largest absolute Gasteiger partial charge is 0.507 e. The average molecular weight is 423 g/mol. The third kappa shape index (κ3) is 3.44. The van der Waals surface area contributed by atoms with Crippen molar-refractivity contribution >= 4 is 21.5 Å². The zero-order valence-corrected chi connectivity index (χ0v) is 18.1. The molecule has 0 aliphatic carbocycles. The molecule has 0 aliphatic rings. The van der Waals surface area contributed by atoms with Gasteiger partial charge in [0, 0.05) is 5.56 Å². The Hall–Kier alpha value is -4.36. The Labute approximate surface area is 193 Å². The second-order valence-electron chi connectivity index (χ2n) is 8.37. The molecule has 6 aromatic carbocycles. The van der Waals surface area contributed by atoms with Gasteiger partial charge in [-0.15, -0.1) is 0 Å². The van der Waals surface area contributed by atoms with Gasteiger partial charge in [0.15, 0.2) is 0 Å². The zero-order chi connectivity index (χ0) is 22.2. The molecule has 1 nitrogen and oxygen atoms in total. The summed E-state index contributed by atoms with van der Waals surface area (Å²) in [4.78, 5) is 0. The molecule has 0 aromatic heterocycles. The molecule has 1 N–H and O–H groups in total. The highest BCUT2D eigenvalue weighted by Crippen LogP contribution is 2.41. The normalized spacial score (nSPS) is 11.2. The van der Waals surface area contributed by atoms with Crippen LogP contribution in [0.3, 0.4) is 0 Å². The molecule has 0 aliphatic heterocycles. The van der Waals surface area contributed by atoms with E-state index < -0.39 is 0 Å². The molecule has 6 aromatic rings. The minimum absolute atomic E-state index is 0.301. The highest BCUT2D eigenvalue weighted by molar-refractivity contribution is 6.08. The van der Waals surface area contributed by atoms with Gasteiger partial charge in [0.1, 0.15) is 5.75 Å². The second-order valence-corrected chi connectivity index (χ2v) is 8.37. The van der Waals surface area contributed by atoms with E-state index in [1.54, 1.807) is 0 Å². The number of aromatic hydroxyl groups is 1. The molecular formula is C32H22O.